The number of morpholine rings is 1. The lowest BCUT2D eigenvalue weighted by molar-refractivity contribution is 0.0378. The fraction of sp³-hybridized carbons (Fsp3) is 0.346. The first kappa shape index (κ1) is 21.2. The first-order valence-electron chi connectivity index (χ1n) is 11.6. The number of nitrogens with one attached hydrogen (secondary N) is 2. The summed E-state index contributed by atoms with van der Waals surface area (Å²) in [4.78, 5) is 22.4. The summed E-state index contributed by atoms with van der Waals surface area (Å²) in [5.74, 6) is 0.827. The van der Waals surface area contributed by atoms with E-state index in [1.165, 1.54) is 43.7 Å². The molecule has 3 aliphatic rings. The first-order chi connectivity index (χ1) is 16.2. The molecule has 3 aromatic rings. The molecule has 2 atom stereocenters. The Hall–Kier alpha value is -2.35. The Bertz CT molecular complexity index is 1240. The van der Waals surface area contributed by atoms with Crippen molar-refractivity contribution in [1.29, 1.82) is 0 Å². The molecule has 33 heavy (non-hydrogen) atoms. The molecule has 5 nitrogen and oxygen atoms in total. The average Bonchev–Trinajstić information content (AvgIpc) is 3.68. The van der Waals surface area contributed by atoms with Crippen LogP contribution in [-0.4, -0.2) is 30.7 Å². The van der Waals surface area contributed by atoms with Gasteiger partial charge in [0, 0.05) is 50.6 Å². The number of benzene rings is 2. The monoisotopic (exact) mass is 477 g/mol. The lowest BCUT2D eigenvalue weighted by atomic mass is 10.1. The predicted molar refractivity (Wildman–Crippen MR) is 135 cm³/mol. The van der Waals surface area contributed by atoms with Crippen molar-refractivity contribution in [3.05, 3.63) is 70.6 Å². The molecule has 1 aromatic heterocycles. The third kappa shape index (κ3) is 4.29. The van der Waals surface area contributed by atoms with Crippen LogP contribution in [0.4, 0.5) is 11.4 Å². The van der Waals surface area contributed by atoms with Crippen LogP contribution in [0.25, 0.3) is 0 Å². The fourth-order valence-corrected chi connectivity index (χ4v) is 7.11. The van der Waals surface area contributed by atoms with Gasteiger partial charge in [0.2, 0.25) is 0 Å². The molecule has 1 aliphatic carbocycles. The number of anilines is 2. The zero-order chi connectivity index (χ0) is 22.4. The van der Waals surface area contributed by atoms with Gasteiger partial charge >= 0.3 is 0 Å². The summed E-state index contributed by atoms with van der Waals surface area (Å²) < 4.78 is 6.21. The minimum Gasteiger partial charge on any atom is -0.382 e. The number of fused-ring (bicyclic) bond motifs is 2. The number of pyridine rings is 1. The van der Waals surface area contributed by atoms with Gasteiger partial charge in [-0.1, -0.05) is 35.7 Å². The quantitative estimate of drug-likeness (QED) is 0.380. The van der Waals surface area contributed by atoms with E-state index in [9.17, 15) is 4.79 Å². The highest BCUT2D eigenvalue weighted by atomic mass is 32.2. The summed E-state index contributed by atoms with van der Waals surface area (Å²) in [7, 11) is 0. The molecular weight excluding hydrogens is 450 g/mol. The van der Waals surface area contributed by atoms with Crippen LogP contribution in [0.5, 0.6) is 0 Å². The second-order valence-corrected chi connectivity index (χ2v) is 11.1. The van der Waals surface area contributed by atoms with Gasteiger partial charge in [0.15, 0.2) is 0 Å². The smallest absolute Gasteiger partial charge is 0.271 e. The number of aromatic nitrogens is 1. The van der Waals surface area contributed by atoms with Gasteiger partial charge in [-0.2, -0.15) is 0 Å². The van der Waals surface area contributed by atoms with E-state index in [1.807, 2.05) is 35.7 Å². The van der Waals surface area contributed by atoms with Crippen LogP contribution >= 0.6 is 23.5 Å². The summed E-state index contributed by atoms with van der Waals surface area (Å²) in [6, 6.07) is 17.5. The summed E-state index contributed by atoms with van der Waals surface area (Å²) in [6.07, 6.45) is 4.30. The van der Waals surface area contributed by atoms with Crippen LogP contribution < -0.4 is 15.8 Å². The van der Waals surface area contributed by atoms with E-state index in [1.54, 1.807) is 6.20 Å². The maximum atomic E-state index is 12.3. The number of ether oxygens (including phenoxy) is 1. The molecule has 2 fully saturated rings. The lowest BCUT2D eigenvalue weighted by Crippen LogP contribution is -2.41. The van der Waals surface area contributed by atoms with Crippen molar-refractivity contribution in [3.63, 3.8) is 0 Å². The largest absolute Gasteiger partial charge is 0.382 e. The van der Waals surface area contributed by atoms with E-state index in [0.717, 1.165) is 12.5 Å². The SMILES string of the molecule is CC(Nc1ccc2c(c1)Sc1cccc(C3CN(c4ccc[nH]c4=O)CCO3)c1S2)C1CC1. The third-order valence-corrected chi connectivity index (χ3v) is 9.27. The lowest BCUT2D eigenvalue weighted by Gasteiger charge is -2.35. The zero-order valence-electron chi connectivity index (χ0n) is 18.5. The molecule has 0 radical (unpaired) electrons. The average molecular weight is 478 g/mol. The molecule has 0 spiro atoms. The molecule has 2 aliphatic heterocycles. The van der Waals surface area contributed by atoms with E-state index >= 15 is 0 Å². The maximum absolute atomic E-state index is 12.3. The van der Waals surface area contributed by atoms with E-state index in [4.69, 9.17) is 4.74 Å². The molecule has 0 bridgehead atoms. The van der Waals surface area contributed by atoms with Crippen molar-refractivity contribution >= 4 is 34.9 Å². The zero-order valence-corrected chi connectivity index (χ0v) is 20.2. The highest BCUT2D eigenvalue weighted by molar-refractivity contribution is 8.05. The van der Waals surface area contributed by atoms with Gasteiger partial charge in [0.25, 0.3) is 5.56 Å². The topological polar surface area (TPSA) is 57.4 Å². The normalized spacial score (nSPS) is 20.6. The van der Waals surface area contributed by atoms with E-state index in [0.29, 0.717) is 24.9 Å². The van der Waals surface area contributed by atoms with Gasteiger partial charge in [-0.05, 0) is 67.6 Å². The Labute approximate surface area is 202 Å². The molecule has 3 heterocycles. The Morgan fingerprint density at radius 3 is 2.85 bits per heavy atom. The minimum absolute atomic E-state index is 0.0486. The Balaban J connectivity index is 1.25. The van der Waals surface area contributed by atoms with E-state index in [2.05, 4.69) is 58.5 Å². The summed E-state index contributed by atoms with van der Waals surface area (Å²) in [5, 5.41) is 3.69. The van der Waals surface area contributed by atoms with Crippen LogP contribution in [-0.2, 0) is 4.74 Å². The molecule has 7 heteroatoms. The standard InChI is InChI=1S/C26H27N3O2S2/c1-16(17-7-8-17)28-18-9-10-22-24(14-18)32-23-6-2-4-19(25(23)33-22)21-15-29(12-13-31-21)20-5-3-11-27-26(20)30/h2-6,9-11,14,16-17,21,28H,7-8,12-13,15H2,1H3,(H,27,30). The number of rotatable bonds is 5. The van der Waals surface area contributed by atoms with Crippen LogP contribution in [0.3, 0.4) is 0 Å². The third-order valence-electron chi connectivity index (χ3n) is 6.66. The Morgan fingerprint density at radius 2 is 2.00 bits per heavy atom. The first-order valence-corrected chi connectivity index (χ1v) is 13.2. The van der Waals surface area contributed by atoms with Gasteiger partial charge < -0.3 is 19.9 Å². The summed E-state index contributed by atoms with van der Waals surface area (Å²) >= 11 is 3.67. The van der Waals surface area contributed by atoms with Crippen molar-refractivity contribution in [3.8, 4) is 0 Å². The number of aromatic amines is 1. The molecule has 6 rings (SSSR count). The van der Waals surface area contributed by atoms with Crippen LogP contribution in [0.15, 0.2) is 79.1 Å². The van der Waals surface area contributed by atoms with Gasteiger partial charge in [-0.3, -0.25) is 4.79 Å². The highest BCUT2D eigenvalue weighted by Gasteiger charge is 2.30. The fourth-order valence-electron chi connectivity index (χ4n) is 4.66. The van der Waals surface area contributed by atoms with Crippen molar-refractivity contribution in [2.45, 2.75) is 51.5 Å². The Morgan fingerprint density at radius 1 is 1.09 bits per heavy atom. The summed E-state index contributed by atoms with van der Waals surface area (Å²) in [5.41, 5.74) is 3.08. The second kappa shape index (κ2) is 8.78. The molecule has 1 saturated heterocycles. The van der Waals surface area contributed by atoms with Gasteiger partial charge in [0.1, 0.15) is 11.8 Å². The van der Waals surface area contributed by atoms with Gasteiger partial charge in [0.05, 0.1) is 6.61 Å². The van der Waals surface area contributed by atoms with Crippen molar-refractivity contribution < 1.29 is 4.74 Å². The highest BCUT2D eigenvalue weighted by Crippen LogP contribution is 2.52. The minimum atomic E-state index is -0.0664. The molecule has 0 amide bonds. The second-order valence-electron chi connectivity index (χ2n) is 9.00. The molecule has 2 unspecified atom stereocenters. The van der Waals surface area contributed by atoms with Crippen LogP contribution in [0, 0.1) is 5.92 Å². The predicted octanol–water partition coefficient (Wildman–Crippen LogP) is 5.78. The van der Waals surface area contributed by atoms with Crippen LogP contribution in [0.1, 0.15) is 31.4 Å². The maximum Gasteiger partial charge on any atom is 0.271 e. The molecule has 2 aromatic carbocycles. The molecular formula is C26H27N3O2S2. The molecule has 2 N–H and O–H groups in total. The van der Waals surface area contributed by atoms with Crippen molar-refractivity contribution in [1.82, 2.24) is 4.98 Å². The van der Waals surface area contributed by atoms with Crippen molar-refractivity contribution in [2.24, 2.45) is 5.92 Å². The van der Waals surface area contributed by atoms with Gasteiger partial charge in [-0.25, -0.2) is 0 Å². The summed E-state index contributed by atoms with van der Waals surface area (Å²) in [6.45, 7) is 4.28. The van der Waals surface area contributed by atoms with E-state index < -0.39 is 0 Å². The van der Waals surface area contributed by atoms with E-state index in [-0.39, 0.29) is 11.7 Å². The number of H-pyrrole nitrogens is 1. The number of hydrogen-bond acceptors (Lipinski definition) is 6. The number of nitrogens with zero attached hydrogens (tertiary/aromatic N) is 1. The number of hydrogen-bond donors (Lipinski definition) is 2. The molecule has 1 saturated carbocycles. The Kier molecular flexibility index (Phi) is 5.64. The van der Waals surface area contributed by atoms with Crippen molar-refractivity contribution in [2.75, 3.05) is 29.9 Å². The molecule has 170 valence electrons. The van der Waals surface area contributed by atoms with Gasteiger partial charge in [-0.15, -0.1) is 0 Å². The van der Waals surface area contributed by atoms with Crippen LogP contribution in [0.2, 0.25) is 0 Å².